The zero-order valence-electron chi connectivity index (χ0n) is 16.5. The number of hydrogen-bond acceptors (Lipinski definition) is 5. The average molecular weight is 416 g/mol. The normalized spacial score (nSPS) is 12.8. The smallest absolute Gasteiger partial charge is 0.200 e. The fourth-order valence-corrected chi connectivity index (χ4v) is 4.68. The highest BCUT2D eigenvalue weighted by molar-refractivity contribution is 7.99. The standard InChI is InChI=1S/C24H21N3O2S/c28-21(20-12-11-18-8-4-9-19(18)14-20)16-30-24-26-25-23(22-10-5-13-29-22)27(24)15-17-6-2-1-3-7-17/h1-3,5-7,10-14H,4,8-9,15-16H2. The second-order valence-electron chi connectivity index (χ2n) is 7.40. The molecule has 0 unspecified atom stereocenters. The highest BCUT2D eigenvalue weighted by atomic mass is 32.2. The van der Waals surface area contributed by atoms with Crippen LogP contribution < -0.4 is 0 Å². The number of aryl methyl sites for hydroxylation is 2. The van der Waals surface area contributed by atoms with Crippen LogP contribution in [0.25, 0.3) is 11.6 Å². The van der Waals surface area contributed by atoms with E-state index >= 15 is 0 Å². The van der Waals surface area contributed by atoms with Crippen molar-refractivity contribution >= 4 is 17.5 Å². The highest BCUT2D eigenvalue weighted by Gasteiger charge is 2.19. The lowest BCUT2D eigenvalue weighted by atomic mass is 10.0. The molecule has 0 atom stereocenters. The first-order valence-electron chi connectivity index (χ1n) is 10.1. The van der Waals surface area contributed by atoms with E-state index in [9.17, 15) is 4.79 Å². The van der Waals surface area contributed by atoms with Crippen molar-refractivity contribution in [3.63, 3.8) is 0 Å². The maximum atomic E-state index is 12.8. The van der Waals surface area contributed by atoms with Gasteiger partial charge in [0.25, 0.3) is 0 Å². The van der Waals surface area contributed by atoms with Gasteiger partial charge in [-0.3, -0.25) is 9.36 Å². The number of ketones is 1. The summed E-state index contributed by atoms with van der Waals surface area (Å²) in [6.45, 7) is 0.610. The fourth-order valence-electron chi connectivity index (χ4n) is 3.85. The first kappa shape index (κ1) is 18.9. The summed E-state index contributed by atoms with van der Waals surface area (Å²) < 4.78 is 7.56. The van der Waals surface area contributed by atoms with Crippen molar-refractivity contribution in [2.24, 2.45) is 0 Å². The van der Waals surface area contributed by atoms with E-state index in [2.05, 4.69) is 34.5 Å². The molecule has 0 amide bonds. The molecule has 4 aromatic rings. The molecule has 1 aliphatic carbocycles. The van der Waals surface area contributed by atoms with Crippen LogP contribution in [-0.4, -0.2) is 26.3 Å². The van der Waals surface area contributed by atoms with Crippen LogP contribution in [0.2, 0.25) is 0 Å². The van der Waals surface area contributed by atoms with Gasteiger partial charge in [-0.05, 0) is 54.2 Å². The van der Waals surface area contributed by atoms with Gasteiger partial charge in [0.05, 0.1) is 18.6 Å². The predicted molar refractivity (Wildman–Crippen MR) is 117 cm³/mol. The Morgan fingerprint density at radius 1 is 1.00 bits per heavy atom. The highest BCUT2D eigenvalue weighted by Crippen LogP contribution is 2.27. The molecule has 0 fully saturated rings. The fraction of sp³-hybridized carbons (Fsp3) is 0.208. The van der Waals surface area contributed by atoms with E-state index in [1.165, 1.54) is 29.3 Å². The maximum Gasteiger partial charge on any atom is 0.200 e. The number of Topliss-reactive ketones (excluding diaryl/α,β-unsaturated/α-hetero) is 1. The second-order valence-corrected chi connectivity index (χ2v) is 8.35. The molecule has 5 rings (SSSR count). The number of carbonyl (C=O) groups is 1. The third-order valence-electron chi connectivity index (χ3n) is 5.39. The summed E-state index contributed by atoms with van der Waals surface area (Å²) in [6, 6.07) is 20.0. The van der Waals surface area contributed by atoms with Crippen LogP contribution in [0, 0.1) is 0 Å². The molecule has 0 saturated heterocycles. The van der Waals surface area contributed by atoms with Crippen molar-refractivity contribution in [1.82, 2.24) is 14.8 Å². The van der Waals surface area contributed by atoms with Crippen LogP contribution in [0.15, 0.2) is 76.5 Å². The predicted octanol–water partition coefficient (Wildman–Crippen LogP) is 5.05. The summed E-state index contributed by atoms with van der Waals surface area (Å²) in [4.78, 5) is 12.8. The van der Waals surface area contributed by atoms with Gasteiger partial charge < -0.3 is 4.42 Å². The Morgan fingerprint density at radius 3 is 2.70 bits per heavy atom. The SMILES string of the molecule is O=C(CSc1nnc(-c2ccco2)n1Cc1ccccc1)c1ccc2c(c1)CCC2. The van der Waals surface area contributed by atoms with Crippen LogP contribution in [-0.2, 0) is 19.4 Å². The summed E-state index contributed by atoms with van der Waals surface area (Å²) in [5.74, 6) is 1.76. The Hall–Kier alpha value is -3.12. The molecule has 0 aliphatic heterocycles. The number of fused-ring (bicyclic) bond motifs is 1. The molecule has 6 heteroatoms. The van der Waals surface area contributed by atoms with Crippen LogP contribution in [0.1, 0.15) is 33.5 Å². The van der Waals surface area contributed by atoms with Gasteiger partial charge in [-0.25, -0.2) is 0 Å². The summed E-state index contributed by atoms with van der Waals surface area (Å²) in [5, 5.41) is 9.40. The Bertz CT molecular complexity index is 1170. The van der Waals surface area contributed by atoms with Gasteiger partial charge in [-0.1, -0.05) is 54.2 Å². The van der Waals surface area contributed by atoms with Crippen molar-refractivity contribution in [1.29, 1.82) is 0 Å². The lowest BCUT2D eigenvalue weighted by Crippen LogP contribution is -2.07. The number of aromatic nitrogens is 3. The van der Waals surface area contributed by atoms with E-state index in [0.717, 1.165) is 24.0 Å². The Morgan fingerprint density at radius 2 is 1.87 bits per heavy atom. The van der Waals surface area contributed by atoms with Gasteiger partial charge >= 0.3 is 0 Å². The Kier molecular flexibility index (Phi) is 5.24. The molecule has 0 bridgehead atoms. The van der Waals surface area contributed by atoms with Crippen molar-refractivity contribution in [3.05, 3.63) is 89.2 Å². The Labute approximate surface area is 179 Å². The number of rotatable bonds is 7. The molecule has 2 aromatic heterocycles. The van der Waals surface area contributed by atoms with E-state index < -0.39 is 0 Å². The van der Waals surface area contributed by atoms with Crippen LogP contribution in [0.5, 0.6) is 0 Å². The number of furan rings is 1. The van der Waals surface area contributed by atoms with Gasteiger partial charge in [0.1, 0.15) is 0 Å². The quantitative estimate of drug-likeness (QED) is 0.312. The molecule has 5 nitrogen and oxygen atoms in total. The van der Waals surface area contributed by atoms with E-state index in [1.807, 2.05) is 41.0 Å². The van der Waals surface area contributed by atoms with Crippen LogP contribution in [0.3, 0.4) is 0 Å². The Balaban J connectivity index is 1.38. The summed E-state index contributed by atoms with van der Waals surface area (Å²) in [5.41, 5.74) is 4.61. The minimum Gasteiger partial charge on any atom is -0.461 e. The van der Waals surface area contributed by atoms with Gasteiger partial charge in [-0.2, -0.15) is 0 Å². The van der Waals surface area contributed by atoms with Gasteiger partial charge in [0, 0.05) is 5.56 Å². The molecule has 0 radical (unpaired) electrons. The zero-order chi connectivity index (χ0) is 20.3. The van der Waals surface area contributed by atoms with E-state index in [-0.39, 0.29) is 5.78 Å². The molecular weight excluding hydrogens is 394 g/mol. The molecule has 150 valence electrons. The number of carbonyl (C=O) groups excluding carboxylic acids is 1. The topological polar surface area (TPSA) is 60.9 Å². The first-order chi connectivity index (χ1) is 14.8. The van der Waals surface area contributed by atoms with E-state index in [0.29, 0.717) is 29.0 Å². The van der Waals surface area contributed by atoms with Crippen LogP contribution >= 0.6 is 11.8 Å². The number of nitrogens with zero attached hydrogens (tertiary/aromatic N) is 3. The van der Waals surface area contributed by atoms with Crippen molar-refractivity contribution in [2.45, 2.75) is 31.0 Å². The maximum absolute atomic E-state index is 12.8. The monoisotopic (exact) mass is 415 g/mol. The molecule has 2 heterocycles. The van der Waals surface area contributed by atoms with E-state index in [4.69, 9.17) is 4.42 Å². The number of hydrogen-bond donors (Lipinski definition) is 0. The van der Waals surface area contributed by atoms with Gasteiger partial charge in [0.2, 0.25) is 5.82 Å². The molecule has 0 N–H and O–H groups in total. The molecule has 30 heavy (non-hydrogen) atoms. The third kappa shape index (κ3) is 3.83. The first-order valence-corrected chi connectivity index (χ1v) is 11.1. The number of benzene rings is 2. The van der Waals surface area contributed by atoms with E-state index in [1.54, 1.807) is 6.26 Å². The minimum atomic E-state index is 0.114. The zero-order valence-corrected chi connectivity index (χ0v) is 17.3. The molecule has 0 saturated carbocycles. The van der Waals surface area contributed by atoms with Crippen molar-refractivity contribution in [3.8, 4) is 11.6 Å². The summed E-state index contributed by atoms with van der Waals surface area (Å²) in [6.07, 6.45) is 5.00. The van der Waals surface area contributed by atoms with Gasteiger partial charge in [0.15, 0.2) is 16.7 Å². The average Bonchev–Trinajstić information content (AvgIpc) is 3.53. The third-order valence-corrected chi connectivity index (χ3v) is 6.36. The summed E-state index contributed by atoms with van der Waals surface area (Å²) >= 11 is 1.42. The van der Waals surface area contributed by atoms with Crippen molar-refractivity contribution in [2.75, 3.05) is 5.75 Å². The number of thioether (sulfide) groups is 1. The minimum absolute atomic E-state index is 0.114. The lowest BCUT2D eigenvalue weighted by Gasteiger charge is -2.09. The van der Waals surface area contributed by atoms with Crippen LogP contribution in [0.4, 0.5) is 0 Å². The molecular formula is C24H21N3O2S. The molecule has 2 aromatic carbocycles. The van der Waals surface area contributed by atoms with Crippen molar-refractivity contribution < 1.29 is 9.21 Å². The summed E-state index contributed by atoms with van der Waals surface area (Å²) in [7, 11) is 0. The molecule has 1 aliphatic rings. The second kappa shape index (κ2) is 8.32. The molecule has 0 spiro atoms. The lowest BCUT2D eigenvalue weighted by molar-refractivity contribution is 0.102. The van der Waals surface area contributed by atoms with Gasteiger partial charge in [-0.15, -0.1) is 10.2 Å². The largest absolute Gasteiger partial charge is 0.461 e.